The SMILES string of the molecule is CC1(C)CC(=O)C2=C(C1)N=C1c3ccccc3C(=O)[C@@H]1[C@H]2c1ccc(OC(=O)c2ccc(Br)cc2)cc1. The van der Waals surface area contributed by atoms with Crippen LogP contribution >= 0.6 is 15.9 Å². The Bertz CT molecular complexity index is 1530. The molecule has 0 amide bonds. The van der Waals surface area contributed by atoms with Crippen LogP contribution in [0.25, 0.3) is 0 Å². The maximum absolute atomic E-state index is 13.6. The van der Waals surface area contributed by atoms with Gasteiger partial charge in [0.25, 0.3) is 0 Å². The summed E-state index contributed by atoms with van der Waals surface area (Å²) < 4.78 is 6.45. The number of nitrogens with zero attached hydrogens (tertiary/aromatic N) is 1. The Labute approximate surface area is 223 Å². The zero-order chi connectivity index (χ0) is 25.9. The van der Waals surface area contributed by atoms with Crippen LogP contribution in [0.2, 0.25) is 0 Å². The lowest BCUT2D eigenvalue weighted by Crippen LogP contribution is -2.37. The Morgan fingerprint density at radius 1 is 0.892 bits per heavy atom. The van der Waals surface area contributed by atoms with Crippen LogP contribution in [0.3, 0.4) is 0 Å². The molecule has 2 atom stereocenters. The molecule has 37 heavy (non-hydrogen) atoms. The van der Waals surface area contributed by atoms with Gasteiger partial charge in [0.1, 0.15) is 5.75 Å². The number of esters is 1. The van der Waals surface area contributed by atoms with Gasteiger partial charge in [-0.3, -0.25) is 14.6 Å². The summed E-state index contributed by atoms with van der Waals surface area (Å²) in [5, 5.41) is 0. The summed E-state index contributed by atoms with van der Waals surface area (Å²) in [6.45, 7) is 4.16. The number of allylic oxidation sites excluding steroid dienone is 2. The average Bonchev–Trinajstić information content (AvgIpc) is 3.15. The van der Waals surface area contributed by atoms with Crippen LogP contribution in [-0.2, 0) is 4.79 Å². The molecule has 0 saturated carbocycles. The second kappa shape index (κ2) is 8.73. The number of fused-ring (bicyclic) bond motifs is 3. The predicted octanol–water partition coefficient (Wildman–Crippen LogP) is 6.71. The van der Waals surface area contributed by atoms with Crippen molar-refractivity contribution in [3.63, 3.8) is 0 Å². The summed E-state index contributed by atoms with van der Waals surface area (Å²) in [4.78, 5) is 44.6. The molecule has 184 valence electrons. The van der Waals surface area contributed by atoms with E-state index < -0.39 is 17.8 Å². The largest absolute Gasteiger partial charge is 0.423 e. The number of rotatable bonds is 3. The van der Waals surface area contributed by atoms with Gasteiger partial charge in [0.05, 0.1) is 17.2 Å². The van der Waals surface area contributed by atoms with Gasteiger partial charge in [0.2, 0.25) is 0 Å². The first kappa shape index (κ1) is 23.7. The van der Waals surface area contributed by atoms with Gasteiger partial charge in [0.15, 0.2) is 11.6 Å². The van der Waals surface area contributed by atoms with Crippen LogP contribution in [0.15, 0.2) is 93.5 Å². The molecule has 3 aromatic carbocycles. The van der Waals surface area contributed by atoms with Crippen molar-refractivity contribution in [2.75, 3.05) is 0 Å². The molecule has 1 aliphatic heterocycles. The van der Waals surface area contributed by atoms with E-state index in [0.717, 1.165) is 27.0 Å². The van der Waals surface area contributed by atoms with Gasteiger partial charge < -0.3 is 4.74 Å². The molecular weight excluding hydrogens is 530 g/mol. The Balaban J connectivity index is 1.38. The second-order valence-electron chi connectivity index (χ2n) is 10.6. The number of hydrogen-bond donors (Lipinski definition) is 0. The number of Topliss-reactive ketones (excluding diaryl/α,β-unsaturated/α-hetero) is 2. The number of halogens is 1. The standard InChI is InChI=1S/C31H24BrNO4/c1-31(2)15-23-26(24(34)16-31)25(27-28(33-23)21-5-3-4-6-22(21)29(27)35)17-9-13-20(14-10-17)37-30(36)18-7-11-19(32)12-8-18/h3-14,25,27H,15-16H2,1-2H3/t25-,27+/m0/s1. The quantitative estimate of drug-likeness (QED) is 0.267. The highest BCUT2D eigenvalue weighted by Crippen LogP contribution is 2.51. The zero-order valence-corrected chi connectivity index (χ0v) is 22.0. The lowest BCUT2D eigenvalue weighted by Gasteiger charge is -2.38. The number of ketones is 2. The highest BCUT2D eigenvalue weighted by atomic mass is 79.9. The minimum atomic E-state index is -0.544. The van der Waals surface area contributed by atoms with Gasteiger partial charge in [-0.1, -0.05) is 66.2 Å². The molecule has 0 unspecified atom stereocenters. The summed E-state index contributed by atoms with van der Waals surface area (Å²) in [5.74, 6) is -0.987. The van der Waals surface area contributed by atoms with Crippen molar-refractivity contribution in [1.29, 1.82) is 0 Å². The van der Waals surface area contributed by atoms with E-state index in [-0.39, 0.29) is 17.0 Å². The molecule has 6 heteroatoms. The van der Waals surface area contributed by atoms with E-state index in [4.69, 9.17) is 9.73 Å². The first-order valence-electron chi connectivity index (χ1n) is 12.3. The zero-order valence-electron chi connectivity index (χ0n) is 20.5. The van der Waals surface area contributed by atoms with Crippen LogP contribution in [0.5, 0.6) is 5.75 Å². The lowest BCUT2D eigenvalue weighted by atomic mass is 9.66. The molecule has 0 fully saturated rings. The number of ether oxygens (including phenoxy) is 1. The van der Waals surface area contributed by atoms with Crippen LogP contribution in [0.1, 0.15) is 64.4 Å². The third-order valence-corrected chi connectivity index (χ3v) is 7.90. The molecule has 1 heterocycles. The first-order chi connectivity index (χ1) is 17.7. The van der Waals surface area contributed by atoms with Crippen LogP contribution < -0.4 is 4.74 Å². The van der Waals surface area contributed by atoms with Crippen LogP contribution in [0, 0.1) is 11.3 Å². The van der Waals surface area contributed by atoms with Crippen molar-refractivity contribution in [3.8, 4) is 5.75 Å². The number of aliphatic imine (C=N–C) groups is 1. The summed E-state index contributed by atoms with van der Waals surface area (Å²) in [7, 11) is 0. The van der Waals surface area contributed by atoms with E-state index in [1.165, 1.54) is 0 Å². The van der Waals surface area contributed by atoms with Crippen molar-refractivity contribution in [3.05, 3.63) is 111 Å². The summed E-state index contributed by atoms with van der Waals surface area (Å²) in [6.07, 6.45) is 1.10. The molecule has 0 aromatic heterocycles. The minimum absolute atomic E-state index is 0.00530. The summed E-state index contributed by atoms with van der Waals surface area (Å²) in [5.41, 5.74) is 4.78. The van der Waals surface area contributed by atoms with Crippen molar-refractivity contribution in [2.24, 2.45) is 16.3 Å². The molecule has 0 bridgehead atoms. The normalized spacial score (nSPS) is 21.6. The number of carbonyl (C=O) groups is 3. The lowest BCUT2D eigenvalue weighted by molar-refractivity contribution is -0.118. The molecule has 5 nitrogen and oxygen atoms in total. The van der Waals surface area contributed by atoms with Crippen molar-refractivity contribution in [1.82, 2.24) is 0 Å². The van der Waals surface area contributed by atoms with Crippen LogP contribution in [-0.4, -0.2) is 23.2 Å². The van der Waals surface area contributed by atoms with Crippen molar-refractivity contribution < 1.29 is 19.1 Å². The minimum Gasteiger partial charge on any atom is -0.423 e. The number of benzene rings is 3. The van der Waals surface area contributed by atoms with E-state index in [0.29, 0.717) is 35.3 Å². The third-order valence-electron chi connectivity index (χ3n) is 7.37. The second-order valence-corrected chi connectivity index (χ2v) is 11.5. The number of hydrogen-bond acceptors (Lipinski definition) is 5. The van der Waals surface area contributed by atoms with E-state index in [1.807, 2.05) is 36.4 Å². The molecule has 0 radical (unpaired) electrons. The van der Waals surface area contributed by atoms with Crippen LogP contribution in [0.4, 0.5) is 0 Å². The topological polar surface area (TPSA) is 72.8 Å². The maximum Gasteiger partial charge on any atom is 0.343 e. The first-order valence-corrected chi connectivity index (χ1v) is 13.1. The van der Waals surface area contributed by atoms with E-state index in [2.05, 4.69) is 29.8 Å². The molecule has 6 rings (SSSR count). The highest BCUT2D eigenvalue weighted by molar-refractivity contribution is 9.10. The van der Waals surface area contributed by atoms with Gasteiger partial charge in [-0.2, -0.15) is 0 Å². The molecular formula is C31H24BrNO4. The fourth-order valence-corrected chi connectivity index (χ4v) is 6.00. The van der Waals surface area contributed by atoms with E-state index in [1.54, 1.807) is 36.4 Å². The molecule has 3 aliphatic rings. The predicted molar refractivity (Wildman–Crippen MR) is 144 cm³/mol. The van der Waals surface area contributed by atoms with Crippen molar-refractivity contribution >= 4 is 39.2 Å². The molecule has 3 aromatic rings. The van der Waals surface area contributed by atoms with Gasteiger partial charge in [0, 0.05) is 39.2 Å². The smallest absolute Gasteiger partial charge is 0.343 e. The summed E-state index contributed by atoms with van der Waals surface area (Å²) >= 11 is 3.36. The summed E-state index contributed by atoms with van der Waals surface area (Å²) in [6, 6.07) is 21.7. The average molecular weight is 554 g/mol. The number of carbonyl (C=O) groups excluding carboxylic acids is 3. The fourth-order valence-electron chi connectivity index (χ4n) is 5.74. The molecule has 0 spiro atoms. The Morgan fingerprint density at radius 2 is 1.57 bits per heavy atom. The molecule has 0 N–H and O–H groups in total. The van der Waals surface area contributed by atoms with Gasteiger partial charge in [-0.05, 0) is 53.8 Å². The Hall–Kier alpha value is -3.64. The highest BCUT2D eigenvalue weighted by Gasteiger charge is 2.50. The van der Waals surface area contributed by atoms with Gasteiger partial charge in [-0.25, -0.2) is 4.79 Å². The van der Waals surface area contributed by atoms with E-state index >= 15 is 0 Å². The Morgan fingerprint density at radius 3 is 2.27 bits per heavy atom. The molecule has 0 saturated heterocycles. The Kier molecular flexibility index (Phi) is 5.60. The third kappa shape index (κ3) is 4.09. The van der Waals surface area contributed by atoms with E-state index in [9.17, 15) is 14.4 Å². The maximum atomic E-state index is 13.6. The van der Waals surface area contributed by atoms with Crippen molar-refractivity contribution in [2.45, 2.75) is 32.6 Å². The van der Waals surface area contributed by atoms with Gasteiger partial charge in [-0.15, -0.1) is 0 Å². The monoisotopic (exact) mass is 553 g/mol. The molecule has 2 aliphatic carbocycles. The van der Waals surface area contributed by atoms with Gasteiger partial charge >= 0.3 is 5.97 Å². The fraction of sp³-hybridized carbons (Fsp3) is 0.226.